The Morgan fingerprint density at radius 2 is 2.29 bits per heavy atom. The lowest BCUT2D eigenvalue weighted by molar-refractivity contribution is 0.301. The fourth-order valence-electron chi connectivity index (χ4n) is 1.58. The van der Waals surface area contributed by atoms with Gasteiger partial charge >= 0.3 is 0 Å². The third kappa shape index (κ3) is 1.96. The van der Waals surface area contributed by atoms with E-state index in [0.29, 0.717) is 18.4 Å². The van der Waals surface area contributed by atoms with Gasteiger partial charge in [-0.2, -0.15) is 0 Å². The molecular formula is C10H15N3O. The van der Waals surface area contributed by atoms with Crippen LogP contribution in [0.25, 0.3) is 0 Å². The number of hydrogen-bond donors (Lipinski definition) is 2. The molecule has 76 valence electrons. The molecule has 0 aromatic carbocycles. The van der Waals surface area contributed by atoms with E-state index in [9.17, 15) is 0 Å². The first-order valence-corrected chi connectivity index (χ1v) is 4.90. The topological polar surface area (TPSA) is 62.4 Å². The van der Waals surface area contributed by atoms with Crippen LogP contribution in [-0.4, -0.2) is 29.3 Å². The number of aromatic nitrogens is 1. The molecule has 1 heterocycles. The fourth-order valence-corrected chi connectivity index (χ4v) is 1.58. The zero-order valence-corrected chi connectivity index (χ0v) is 8.06. The highest BCUT2D eigenvalue weighted by molar-refractivity contribution is 5.49. The minimum absolute atomic E-state index is 0.181. The highest BCUT2D eigenvalue weighted by Crippen LogP contribution is 2.30. The molecule has 1 aliphatic carbocycles. The van der Waals surface area contributed by atoms with Crippen molar-refractivity contribution in [2.75, 3.05) is 23.8 Å². The van der Waals surface area contributed by atoms with Crippen LogP contribution >= 0.6 is 0 Å². The normalized spacial score (nSPS) is 15.5. The van der Waals surface area contributed by atoms with Crippen LogP contribution < -0.4 is 10.6 Å². The number of aliphatic hydroxyl groups excluding tert-OH is 1. The van der Waals surface area contributed by atoms with Gasteiger partial charge in [0, 0.05) is 12.6 Å². The molecule has 0 bridgehead atoms. The Kier molecular flexibility index (Phi) is 2.54. The van der Waals surface area contributed by atoms with E-state index in [0.717, 1.165) is 5.69 Å². The van der Waals surface area contributed by atoms with E-state index >= 15 is 0 Å². The molecule has 1 aliphatic rings. The monoisotopic (exact) mass is 193 g/mol. The van der Waals surface area contributed by atoms with Crippen LogP contribution in [0.4, 0.5) is 11.5 Å². The Morgan fingerprint density at radius 1 is 1.50 bits per heavy atom. The third-order valence-electron chi connectivity index (χ3n) is 2.43. The molecule has 2 rings (SSSR count). The molecule has 1 fully saturated rings. The van der Waals surface area contributed by atoms with E-state index in [-0.39, 0.29) is 6.61 Å². The van der Waals surface area contributed by atoms with Crippen molar-refractivity contribution >= 4 is 11.5 Å². The second-order valence-corrected chi connectivity index (χ2v) is 3.59. The summed E-state index contributed by atoms with van der Waals surface area (Å²) in [6, 6.07) is 4.34. The standard InChI is InChI=1S/C10H15N3O/c11-10-4-3-9(7-12-10)13(5-6-14)8-1-2-8/h3-4,7-8,14H,1-2,5-6H2,(H2,11,12). The van der Waals surface area contributed by atoms with Crippen molar-refractivity contribution in [2.45, 2.75) is 18.9 Å². The molecule has 1 saturated carbocycles. The van der Waals surface area contributed by atoms with Gasteiger partial charge in [-0.1, -0.05) is 0 Å². The van der Waals surface area contributed by atoms with E-state index in [1.54, 1.807) is 12.3 Å². The number of pyridine rings is 1. The van der Waals surface area contributed by atoms with Crippen molar-refractivity contribution in [1.29, 1.82) is 0 Å². The minimum Gasteiger partial charge on any atom is -0.395 e. The molecule has 4 nitrogen and oxygen atoms in total. The van der Waals surface area contributed by atoms with Gasteiger partial charge in [-0.05, 0) is 25.0 Å². The van der Waals surface area contributed by atoms with Crippen molar-refractivity contribution in [3.63, 3.8) is 0 Å². The molecule has 0 unspecified atom stereocenters. The van der Waals surface area contributed by atoms with Crippen LogP contribution in [0.3, 0.4) is 0 Å². The molecule has 0 radical (unpaired) electrons. The lowest BCUT2D eigenvalue weighted by atomic mass is 10.3. The van der Waals surface area contributed by atoms with Gasteiger partial charge in [-0.3, -0.25) is 0 Å². The van der Waals surface area contributed by atoms with Crippen LogP contribution in [-0.2, 0) is 0 Å². The van der Waals surface area contributed by atoms with Crippen LogP contribution in [0.15, 0.2) is 18.3 Å². The van der Waals surface area contributed by atoms with Gasteiger partial charge in [0.15, 0.2) is 0 Å². The predicted molar refractivity (Wildman–Crippen MR) is 56.1 cm³/mol. The average molecular weight is 193 g/mol. The molecule has 0 aliphatic heterocycles. The number of nitrogen functional groups attached to an aromatic ring is 1. The number of rotatable bonds is 4. The summed E-state index contributed by atoms with van der Waals surface area (Å²) in [6.45, 7) is 0.858. The second kappa shape index (κ2) is 3.84. The van der Waals surface area contributed by atoms with Crippen LogP contribution in [0, 0.1) is 0 Å². The quantitative estimate of drug-likeness (QED) is 0.736. The second-order valence-electron chi connectivity index (χ2n) is 3.59. The number of nitrogens with two attached hydrogens (primary N) is 1. The molecule has 0 saturated heterocycles. The molecule has 4 heteroatoms. The van der Waals surface area contributed by atoms with E-state index in [2.05, 4.69) is 9.88 Å². The highest BCUT2D eigenvalue weighted by atomic mass is 16.3. The molecule has 0 spiro atoms. The molecule has 1 aromatic heterocycles. The lowest BCUT2D eigenvalue weighted by Crippen LogP contribution is -2.28. The highest BCUT2D eigenvalue weighted by Gasteiger charge is 2.28. The molecule has 1 aromatic rings. The van der Waals surface area contributed by atoms with Crippen molar-refractivity contribution < 1.29 is 5.11 Å². The zero-order valence-electron chi connectivity index (χ0n) is 8.06. The zero-order chi connectivity index (χ0) is 9.97. The van der Waals surface area contributed by atoms with Crippen LogP contribution in [0.2, 0.25) is 0 Å². The maximum Gasteiger partial charge on any atom is 0.123 e. The maximum absolute atomic E-state index is 8.94. The average Bonchev–Trinajstić information content (AvgIpc) is 2.99. The van der Waals surface area contributed by atoms with Gasteiger partial charge in [0.25, 0.3) is 0 Å². The predicted octanol–water partition coefficient (Wildman–Crippen LogP) is 0.625. The van der Waals surface area contributed by atoms with Gasteiger partial charge in [0.2, 0.25) is 0 Å². The first-order valence-electron chi connectivity index (χ1n) is 4.90. The number of aliphatic hydroxyl groups is 1. The fraction of sp³-hybridized carbons (Fsp3) is 0.500. The Morgan fingerprint density at radius 3 is 2.79 bits per heavy atom. The molecule has 14 heavy (non-hydrogen) atoms. The van der Waals surface area contributed by atoms with E-state index in [1.165, 1.54) is 12.8 Å². The van der Waals surface area contributed by atoms with Crippen LogP contribution in [0.5, 0.6) is 0 Å². The van der Waals surface area contributed by atoms with E-state index in [1.807, 2.05) is 6.07 Å². The van der Waals surface area contributed by atoms with Gasteiger partial charge < -0.3 is 15.7 Å². The molecule has 0 amide bonds. The number of anilines is 2. The van der Waals surface area contributed by atoms with Gasteiger partial charge in [0.05, 0.1) is 18.5 Å². The first-order chi connectivity index (χ1) is 6.81. The SMILES string of the molecule is Nc1ccc(N(CCO)C2CC2)cn1. The van der Waals surface area contributed by atoms with Crippen molar-refractivity contribution in [3.8, 4) is 0 Å². The smallest absolute Gasteiger partial charge is 0.123 e. The Balaban J connectivity index is 2.13. The largest absolute Gasteiger partial charge is 0.395 e. The summed E-state index contributed by atoms with van der Waals surface area (Å²) in [5.74, 6) is 0.536. The Labute approximate surface area is 83.4 Å². The van der Waals surface area contributed by atoms with Crippen molar-refractivity contribution in [2.24, 2.45) is 0 Å². The van der Waals surface area contributed by atoms with Gasteiger partial charge in [-0.15, -0.1) is 0 Å². The Hall–Kier alpha value is -1.29. The summed E-state index contributed by atoms with van der Waals surface area (Å²) in [7, 11) is 0. The molecule has 0 atom stereocenters. The van der Waals surface area contributed by atoms with Gasteiger partial charge in [-0.25, -0.2) is 4.98 Å². The van der Waals surface area contributed by atoms with E-state index in [4.69, 9.17) is 10.8 Å². The van der Waals surface area contributed by atoms with Gasteiger partial charge in [0.1, 0.15) is 5.82 Å². The van der Waals surface area contributed by atoms with Crippen LogP contribution in [0.1, 0.15) is 12.8 Å². The summed E-state index contributed by atoms with van der Waals surface area (Å²) < 4.78 is 0. The summed E-state index contributed by atoms with van der Waals surface area (Å²) in [5.41, 5.74) is 6.57. The molecular weight excluding hydrogens is 178 g/mol. The number of nitrogens with zero attached hydrogens (tertiary/aromatic N) is 2. The number of hydrogen-bond acceptors (Lipinski definition) is 4. The summed E-state index contributed by atoms with van der Waals surface area (Å²) in [6.07, 6.45) is 4.19. The maximum atomic E-state index is 8.94. The first kappa shape index (κ1) is 9.27. The van der Waals surface area contributed by atoms with E-state index < -0.39 is 0 Å². The Bertz CT molecular complexity index is 295. The van der Waals surface area contributed by atoms with Crippen molar-refractivity contribution in [1.82, 2.24) is 4.98 Å². The molecule has 3 N–H and O–H groups in total. The summed E-state index contributed by atoms with van der Waals surface area (Å²) >= 11 is 0. The van der Waals surface area contributed by atoms with Crippen molar-refractivity contribution in [3.05, 3.63) is 18.3 Å². The minimum atomic E-state index is 0.181. The summed E-state index contributed by atoms with van der Waals surface area (Å²) in [4.78, 5) is 6.23. The summed E-state index contributed by atoms with van der Waals surface area (Å²) in [5, 5.41) is 8.94. The third-order valence-corrected chi connectivity index (χ3v) is 2.43. The lowest BCUT2D eigenvalue weighted by Gasteiger charge is -2.23.